The molecule has 22 heavy (non-hydrogen) atoms. The molecule has 0 bridgehead atoms. The second-order valence-electron chi connectivity index (χ2n) is 4.71. The molecule has 116 valence electrons. The van der Waals surface area contributed by atoms with Crippen molar-refractivity contribution in [3.8, 4) is 11.5 Å². The van der Waals surface area contributed by atoms with Crippen LogP contribution in [0.5, 0.6) is 11.5 Å². The third kappa shape index (κ3) is 5.30. The lowest BCUT2D eigenvalue weighted by atomic mass is 10.2. The Morgan fingerprint density at radius 2 is 1.86 bits per heavy atom. The van der Waals surface area contributed by atoms with E-state index in [4.69, 9.17) is 21.1 Å². The van der Waals surface area contributed by atoms with E-state index in [1.807, 2.05) is 31.2 Å². The summed E-state index contributed by atoms with van der Waals surface area (Å²) in [6.07, 6.45) is 0. The number of carbonyl (C=O) groups excluding carboxylic acids is 1. The van der Waals surface area contributed by atoms with E-state index >= 15 is 0 Å². The molecule has 0 aromatic heterocycles. The SMILES string of the molecule is Cc1cc(OCCNC(=O)COc2ccccc2)ccc1Cl. The first-order valence-corrected chi connectivity index (χ1v) is 7.36. The van der Waals surface area contributed by atoms with Gasteiger partial charge in [-0.15, -0.1) is 0 Å². The number of ether oxygens (including phenoxy) is 2. The maximum absolute atomic E-state index is 11.6. The van der Waals surface area contributed by atoms with Crippen molar-refractivity contribution < 1.29 is 14.3 Å². The Morgan fingerprint density at radius 3 is 2.59 bits per heavy atom. The maximum Gasteiger partial charge on any atom is 0.258 e. The summed E-state index contributed by atoms with van der Waals surface area (Å²) in [6, 6.07) is 14.7. The molecule has 0 unspecified atom stereocenters. The average Bonchev–Trinajstić information content (AvgIpc) is 2.54. The van der Waals surface area contributed by atoms with Crippen molar-refractivity contribution >= 4 is 17.5 Å². The van der Waals surface area contributed by atoms with Gasteiger partial charge in [0, 0.05) is 5.02 Å². The molecule has 0 radical (unpaired) electrons. The number of carbonyl (C=O) groups is 1. The molecular weight excluding hydrogens is 302 g/mol. The van der Waals surface area contributed by atoms with Crippen LogP contribution in [0.3, 0.4) is 0 Å². The molecule has 0 heterocycles. The molecule has 4 nitrogen and oxygen atoms in total. The van der Waals surface area contributed by atoms with Crippen molar-refractivity contribution in [3.05, 3.63) is 59.1 Å². The van der Waals surface area contributed by atoms with Crippen LogP contribution in [0, 0.1) is 6.92 Å². The fourth-order valence-electron chi connectivity index (χ4n) is 1.78. The average molecular weight is 320 g/mol. The van der Waals surface area contributed by atoms with Gasteiger partial charge in [-0.3, -0.25) is 4.79 Å². The van der Waals surface area contributed by atoms with Crippen molar-refractivity contribution in [2.24, 2.45) is 0 Å². The molecule has 5 heteroatoms. The predicted molar refractivity (Wildman–Crippen MR) is 86.6 cm³/mol. The first-order valence-electron chi connectivity index (χ1n) is 6.98. The van der Waals surface area contributed by atoms with Crippen molar-refractivity contribution in [2.45, 2.75) is 6.92 Å². The molecule has 2 rings (SSSR count). The van der Waals surface area contributed by atoms with Gasteiger partial charge < -0.3 is 14.8 Å². The van der Waals surface area contributed by atoms with Crippen LogP contribution in [-0.2, 0) is 4.79 Å². The molecule has 0 aliphatic heterocycles. The minimum absolute atomic E-state index is 0.00985. The van der Waals surface area contributed by atoms with Crippen LogP contribution >= 0.6 is 11.6 Å². The summed E-state index contributed by atoms with van der Waals surface area (Å²) in [6.45, 7) is 2.71. The number of para-hydroxylation sites is 1. The first kappa shape index (κ1) is 16.2. The van der Waals surface area contributed by atoms with Crippen molar-refractivity contribution in [1.29, 1.82) is 0 Å². The highest BCUT2D eigenvalue weighted by Crippen LogP contribution is 2.20. The number of benzene rings is 2. The number of nitrogens with one attached hydrogen (secondary N) is 1. The molecule has 0 spiro atoms. The van der Waals surface area contributed by atoms with Crippen molar-refractivity contribution in [1.82, 2.24) is 5.32 Å². The van der Waals surface area contributed by atoms with Gasteiger partial charge in [0.15, 0.2) is 6.61 Å². The number of hydrogen-bond donors (Lipinski definition) is 1. The Balaban J connectivity index is 1.63. The van der Waals surface area contributed by atoms with Gasteiger partial charge >= 0.3 is 0 Å². The summed E-state index contributed by atoms with van der Waals surface area (Å²) < 4.78 is 10.9. The fourth-order valence-corrected chi connectivity index (χ4v) is 1.90. The number of amides is 1. The number of aryl methyl sites for hydroxylation is 1. The Kier molecular flexibility index (Phi) is 6.10. The first-order chi connectivity index (χ1) is 10.6. The van der Waals surface area contributed by atoms with Crippen molar-refractivity contribution in [3.63, 3.8) is 0 Å². The largest absolute Gasteiger partial charge is 0.492 e. The maximum atomic E-state index is 11.6. The highest BCUT2D eigenvalue weighted by Gasteiger charge is 2.03. The summed E-state index contributed by atoms with van der Waals surface area (Å²) in [5.41, 5.74) is 0.958. The lowest BCUT2D eigenvalue weighted by Crippen LogP contribution is -2.32. The predicted octanol–water partition coefficient (Wildman–Crippen LogP) is 3.22. The van der Waals surface area contributed by atoms with Crippen LogP contribution in [0.4, 0.5) is 0 Å². The Morgan fingerprint density at radius 1 is 1.09 bits per heavy atom. The summed E-state index contributed by atoms with van der Waals surface area (Å²) in [5, 5.41) is 3.44. The Labute approximate surface area is 135 Å². The summed E-state index contributed by atoms with van der Waals surface area (Å²) in [5.74, 6) is 1.22. The van der Waals surface area contributed by atoms with Crippen LogP contribution in [0.2, 0.25) is 5.02 Å². The van der Waals surface area contributed by atoms with Gasteiger partial charge in [0.25, 0.3) is 5.91 Å². The minimum Gasteiger partial charge on any atom is -0.492 e. The van der Waals surface area contributed by atoms with Gasteiger partial charge in [-0.25, -0.2) is 0 Å². The number of rotatable bonds is 7. The smallest absolute Gasteiger partial charge is 0.258 e. The highest BCUT2D eigenvalue weighted by atomic mass is 35.5. The van der Waals surface area contributed by atoms with Gasteiger partial charge in [0.1, 0.15) is 18.1 Å². The van der Waals surface area contributed by atoms with E-state index in [2.05, 4.69) is 5.32 Å². The zero-order chi connectivity index (χ0) is 15.8. The monoisotopic (exact) mass is 319 g/mol. The van der Waals surface area contributed by atoms with E-state index in [0.717, 1.165) is 11.3 Å². The third-order valence-corrected chi connectivity index (χ3v) is 3.36. The molecule has 0 atom stereocenters. The zero-order valence-corrected chi connectivity index (χ0v) is 13.1. The molecule has 2 aromatic rings. The van der Waals surface area contributed by atoms with Crippen LogP contribution < -0.4 is 14.8 Å². The second kappa shape index (κ2) is 8.29. The molecule has 1 amide bonds. The quantitative estimate of drug-likeness (QED) is 0.797. The summed E-state index contributed by atoms with van der Waals surface area (Å²) in [4.78, 5) is 11.6. The van der Waals surface area contributed by atoms with Gasteiger partial charge in [-0.1, -0.05) is 29.8 Å². The molecule has 0 saturated carbocycles. The lowest BCUT2D eigenvalue weighted by molar-refractivity contribution is -0.123. The molecule has 0 aliphatic carbocycles. The van der Waals surface area contributed by atoms with E-state index in [1.165, 1.54) is 0 Å². The Hall–Kier alpha value is -2.20. The normalized spacial score (nSPS) is 10.1. The van der Waals surface area contributed by atoms with Gasteiger partial charge in [0.05, 0.1) is 6.54 Å². The topological polar surface area (TPSA) is 47.6 Å². The molecule has 0 saturated heterocycles. The molecule has 1 N–H and O–H groups in total. The third-order valence-electron chi connectivity index (χ3n) is 2.94. The van der Waals surface area contributed by atoms with E-state index in [-0.39, 0.29) is 12.5 Å². The number of halogens is 1. The van der Waals surface area contributed by atoms with Gasteiger partial charge in [-0.2, -0.15) is 0 Å². The van der Waals surface area contributed by atoms with Crippen LogP contribution in [0.25, 0.3) is 0 Å². The molecular formula is C17H18ClNO3. The van der Waals surface area contributed by atoms with Crippen LogP contribution in [0.1, 0.15) is 5.56 Å². The van der Waals surface area contributed by atoms with E-state index < -0.39 is 0 Å². The standard InChI is InChI=1S/C17H18ClNO3/c1-13-11-15(7-8-16(13)18)21-10-9-19-17(20)12-22-14-5-3-2-4-6-14/h2-8,11H,9-10,12H2,1H3,(H,19,20). The fraction of sp³-hybridized carbons (Fsp3) is 0.235. The second-order valence-corrected chi connectivity index (χ2v) is 5.12. The van der Waals surface area contributed by atoms with Gasteiger partial charge in [0.2, 0.25) is 0 Å². The Bertz CT molecular complexity index is 617. The van der Waals surface area contributed by atoms with E-state index in [9.17, 15) is 4.79 Å². The molecule has 0 fully saturated rings. The van der Waals surface area contributed by atoms with E-state index in [1.54, 1.807) is 24.3 Å². The highest BCUT2D eigenvalue weighted by molar-refractivity contribution is 6.31. The van der Waals surface area contributed by atoms with Crippen molar-refractivity contribution in [2.75, 3.05) is 19.8 Å². The van der Waals surface area contributed by atoms with E-state index in [0.29, 0.717) is 23.9 Å². The van der Waals surface area contributed by atoms with Gasteiger partial charge in [-0.05, 0) is 42.8 Å². The molecule has 2 aromatic carbocycles. The van der Waals surface area contributed by atoms with Crippen LogP contribution in [0.15, 0.2) is 48.5 Å². The molecule has 0 aliphatic rings. The van der Waals surface area contributed by atoms with Crippen LogP contribution in [-0.4, -0.2) is 25.7 Å². The minimum atomic E-state index is -0.181. The zero-order valence-electron chi connectivity index (χ0n) is 12.3. The summed E-state index contributed by atoms with van der Waals surface area (Å²) >= 11 is 5.94. The number of hydrogen-bond acceptors (Lipinski definition) is 3. The lowest BCUT2D eigenvalue weighted by Gasteiger charge is -2.09. The summed E-state index contributed by atoms with van der Waals surface area (Å²) in [7, 11) is 0.